The molecule has 0 saturated carbocycles. The molecule has 1 unspecified atom stereocenters. The van der Waals surface area contributed by atoms with Crippen molar-refractivity contribution in [1.82, 2.24) is 4.90 Å². The van der Waals surface area contributed by atoms with E-state index in [0.717, 1.165) is 27.6 Å². The Kier molecular flexibility index (Phi) is 5.20. The molecule has 5 rings (SSSR count). The maximum absolute atomic E-state index is 13.6. The summed E-state index contributed by atoms with van der Waals surface area (Å²) in [5.74, 6) is 1.19. The van der Waals surface area contributed by atoms with Crippen LogP contribution in [-0.2, 0) is 15.0 Å². The molecule has 33 heavy (non-hydrogen) atoms. The molecule has 1 aliphatic carbocycles. The number of amides is 1. The standard InChI is InChI=1S/C28H27NO4/c1-18(21-11-6-9-19-8-4-5-10-22(19)21)29-25-12-7-13-26(30)28(25,17-27(29)31)20-14-15-23(32-2)24(16-20)33-3/h4-6,8-12,14-16,18H,7,13,17H2,1-3H3/t18-,28?/m1/s1. The lowest BCUT2D eigenvalue weighted by Gasteiger charge is -2.36. The summed E-state index contributed by atoms with van der Waals surface area (Å²) in [6, 6.07) is 19.7. The first-order chi connectivity index (χ1) is 16.0. The number of nitrogens with zero attached hydrogens (tertiary/aromatic N) is 1. The van der Waals surface area contributed by atoms with Crippen molar-refractivity contribution in [3.63, 3.8) is 0 Å². The van der Waals surface area contributed by atoms with E-state index in [9.17, 15) is 9.59 Å². The number of methoxy groups -OCH3 is 2. The average Bonchev–Trinajstić information content (AvgIpc) is 3.16. The molecular formula is C28H27NO4. The third-order valence-corrected chi connectivity index (χ3v) is 7.10. The minimum atomic E-state index is -0.992. The summed E-state index contributed by atoms with van der Waals surface area (Å²) in [6.07, 6.45) is 3.25. The van der Waals surface area contributed by atoms with Crippen molar-refractivity contribution < 1.29 is 19.1 Å². The van der Waals surface area contributed by atoms with E-state index in [1.165, 1.54) is 0 Å². The zero-order valence-corrected chi connectivity index (χ0v) is 19.1. The summed E-state index contributed by atoms with van der Waals surface area (Å²) < 4.78 is 10.9. The van der Waals surface area contributed by atoms with Gasteiger partial charge in [0.2, 0.25) is 5.91 Å². The molecule has 168 valence electrons. The number of carbonyl (C=O) groups is 2. The molecule has 3 aromatic rings. The van der Waals surface area contributed by atoms with E-state index in [1.807, 2.05) is 48.2 Å². The van der Waals surface area contributed by atoms with E-state index >= 15 is 0 Å². The molecule has 3 aromatic carbocycles. The number of likely N-dealkylation sites (tertiary alicyclic amines) is 1. The molecule has 0 bridgehead atoms. The van der Waals surface area contributed by atoms with E-state index in [-0.39, 0.29) is 24.2 Å². The molecule has 0 radical (unpaired) electrons. The van der Waals surface area contributed by atoms with Gasteiger partial charge in [0.25, 0.3) is 0 Å². The highest BCUT2D eigenvalue weighted by molar-refractivity contribution is 6.04. The number of allylic oxidation sites excluding steroid dienone is 2. The fourth-order valence-electron chi connectivity index (χ4n) is 5.50. The van der Waals surface area contributed by atoms with Gasteiger partial charge in [0, 0.05) is 18.5 Å². The predicted molar refractivity (Wildman–Crippen MR) is 127 cm³/mol. The Morgan fingerprint density at radius 2 is 1.70 bits per heavy atom. The summed E-state index contributed by atoms with van der Waals surface area (Å²) in [6.45, 7) is 2.05. The summed E-state index contributed by atoms with van der Waals surface area (Å²) >= 11 is 0. The first-order valence-electron chi connectivity index (χ1n) is 11.3. The Balaban J connectivity index is 1.64. The van der Waals surface area contributed by atoms with Gasteiger partial charge >= 0.3 is 0 Å². The molecule has 1 fully saturated rings. The first-order valence-corrected chi connectivity index (χ1v) is 11.3. The lowest BCUT2D eigenvalue weighted by Crippen LogP contribution is -2.39. The maximum Gasteiger partial charge on any atom is 0.229 e. The molecule has 2 atom stereocenters. The number of hydrogen-bond acceptors (Lipinski definition) is 4. The zero-order valence-electron chi connectivity index (χ0n) is 19.1. The van der Waals surface area contributed by atoms with Crippen molar-refractivity contribution in [2.24, 2.45) is 0 Å². The summed E-state index contributed by atoms with van der Waals surface area (Å²) in [7, 11) is 3.16. The van der Waals surface area contributed by atoms with Gasteiger partial charge in [-0.3, -0.25) is 9.59 Å². The number of ether oxygens (including phenoxy) is 2. The number of hydrogen-bond donors (Lipinski definition) is 0. The SMILES string of the molecule is COc1ccc(C23CC(=O)N([C@H](C)c4cccc5ccccc45)C2=CCCC3=O)cc1OC. The van der Waals surface area contributed by atoms with Crippen molar-refractivity contribution in [3.8, 4) is 11.5 Å². The summed E-state index contributed by atoms with van der Waals surface area (Å²) in [5.41, 5.74) is 1.64. The Hall–Kier alpha value is -3.60. The van der Waals surface area contributed by atoms with Gasteiger partial charge in [0.1, 0.15) is 11.2 Å². The number of carbonyl (C=O) groups excluding carboxylic acids is 2. The Bertz CT molecular complexity index is 1290. The zero-order chi connectivity index (χ0) is 23.2. The van der Waals surface area contributed by atoms with Crippen molar-refractivity contribution >= 4 is 22.5 Å². The predicted octanol–water partition coefficient (Wildman–Crippen LogP) is 5.34. The average molecular weight is 442 g/mol. The van der Waals surface area contributed by atoms with Crippen LogP contribution in [0.2, 0.25) is 0 Å². The first kappa shape index (κ1) is 21.3. The van der Waals surface area contributed by atoms with E-state index in [0.29, 0.717) is 24.3 Å². The third kappa shape index (κ3) is 3.14. The molecule has 0 aromatic heterocycles. The minimum Gasteiger partial charge on any atom is -0.493 e. The van der Waals surface area contributed by atoms with Crippen LogP contribution in [0.3, 0.4) is 0 Å². The lowest BCUT2D eigenvalue weighted by atomic mass is 9.69. The second-order valence-electron chi connectivity index (χ2n) is 8.71. The van der Waals surface area contributed by atoms with Crippen LogP contribution in [0.15, 0.2) is 72.4 Å². The molecule has 1 aliphatic heterocycles. The minimum absolute atomic E-state index is 0.0354. The molecule has 0 N–H and O–H groups in total. The van der Waals surface area contributed by atoms with Crippen LogP contribution in [0.1, 0.15) is 43.4 Å². The van der Waals surface area contributed by atoms with Crippen LogP contribution in [0.25, 0.3) is 10.8 Å². The molecule has 2 aliphatic rings. The van der Waals surface area contributed by atoms with Crippen molar-refractivity contribution in [1.29, 1.82) is 0 Å². The second-order valence-corrected chi connectivity index (χ2v) is 8.71. The molecule has 5 heteroatoms. The highest BCUT2D eigenvalue weighted by atomic mass is 16.5. The molecule has 1 amide bonds. The van der Waals surface area contributed by atoms with Crippen LogP contribution in [-0.4, -0.2) is 30.8 Å². The number of Topliss-reactive ketones (excluding diaryl/α,β-unsaturated/α-hetero) is 1. The normalized spacial score (nSPS) is 21.1. The highest BCUT2D eigenvalue weighted by Crippen LogP contribution is 2.52. The molecule has 1 heterocycles. The van der Waals surface area contributed by atoms with Gasteiger partial charge in [-0.25, -0.2) is 0 Å². The van der Waals surface area contributed by atoms with E-state index < -0.39 is 5.41 Å². The monoisotopic (exact) mass is 441 g/mol. The molecule has 1 saturated heterocycles. The van der Waals surface area contributed by atoms with Crippen LogP contribution >= 0.6 is 0 Å². The largest absolute Gasteiger partial charge is 0.493 e. The molecule has 0 spiro atoms. The second kappa shape index (κ2) is 8.07. The Morgan fingerprint density at radius 3 is 2.48 bits per heavy atom. The Labute approximate surface area is 193 Å². The van der Waals surface area contributed by atoms with Crippen LogP contribution in [0, 0.1) is 0 Å². The molecular weight excluding hydrogens is 414 g/mol. The van der Waals surface area contributed by atoms with Crippen molar-refractivity contribution in [2.45, 2.75) is 37.6 Å². The van der Waals surface area contributed by atoms with Crippen molar-refractivity contribution in [2.75, 3.05) is 14.2 Å². The lowest BCUT2D eigenvalue weighted by molar-refractivity contribution is -0.129. The smallest absolute Gasteiger partial charge is 0.229 e. The van der Waals surface area contributed by atoms with Gasteiger partial charge in [-0.2, -0.15) is 0 Å². The van der Waals surface area contributed by atoms with Gasteiger partial charge in [-0.05, 0) is 47.4 Å². The molecule has 5 nitrogen and oxygen atoms in total. The van der Waals surface area contributed by atoms with Crippen molar-refractivity contribution in [3.05, 3.63) is 83.6 Å². The topological polar surface area (TPSA) is 55.8 Å². The highest BCUT2D eigenvalue weighted by Gasteiger charge is 2.56. The van der Waals surface area contributed by atoms with Gasteiger partial charge in [-0.15, -0.1) is 0 Å². The fourth-order valence-corrected chi connectivity index (χ4v) is 5.50. The van der Waals surface area contributed by atoms with E-state index in [2.05, 4.69) is 30.3 Å². The summed E-state index contributed by atoms with van der Waals surface area (Å²) in [5, 5.41) is 2.25. The van der Waals surface area contributed by atoms with Crippen LogP contribution in [0.4, 0.5) is 0 Å². The maximum atomic E-state index is 13.6. The summed E-state index contributed by atoms with van der Waals surface area (Å²) in [4.78, 5) is 28.9. The quantitative estimate of drug-likeness (QED) is 0.537. The number of fused-ring (bicyclic) bond motifs is 2. The van der Waals surface area contributed by atoms with Gasteiger partial charge in [0.15, 0.2) is 11.5 Å². The number of rotatable bonds is 5. The van der Waals surface area contributed by atoms with Gasteiger partial charge < -0.3 is 14.4 Å². The van der Waals surface area contributed by atoms with E-state index in [1.54, 1.807) is 14.2 Å². The van der Waals surface area contributed by atoms with Gasteiger partial charge in [-0.1, -0.05) is 54.6 Å². The number of ketones is 1. The number of benzene rings is 3. The Morgan fingerprint density at radius 1 is 0.939 bits per heavy atom. The third-order valence-electron chi connectivity index (χ3n) is 7.10. The fraction of sp³-hybridized carbons (Fsp3) is 0.286. The van der Waals surface area contributed by atoms with E-state index in [4.69, 9.17) is 9.47 Å². The van der Waals surface area contributed by atoms with Crippen LogP contribution in [0.5, 0.6) is 11.5 Å². The van der Waals surface area contributed by atoms with Gasteiger partial charge in [0.05, 0.1) is 20.3 Å². The van der Waals surface area contributed by atoms with Crippen LogP contribution < -0.4 is 9.47 Å².